The molecule has 1 aromatic carbocycles. The summed E-state index contributed by atoms with van der Waals surface area (Å²) in [6, 6.07) is 7.86. The number of carbonyl (C=O) groups excluding carboxylic acids is 1. The molecule has 1 amide bonds. The molecule has 1 aliphatic rings. The van der Waals surface area contributed by atoms with Gasteiger partial charge in [0.05, 0.1) is 6.61 Å². The zero-order valence-corrected chi connectivity index (χ0v) is 15.8. The van der Waals surface area contributed by atoms with Gasteiger partial charge in [0.15, 0.2) is 5.82 Å². The van der Waals surface area contributed by atoms with Crippen LogP contribution in [-0.2, 0) is 11.2 Å². The highest BCUT2D eigenvalue weighted by Gasteiger charge is 2.33. The highest BCUT2D eigenvalue weighted by atomic mass is 16.5. The van der Waals surface area contributed by atoms with E-state index < -0.39 is 0 Å². The maximum Gasteiger partial charge on any atom is 0.249 e. The molecule has 1 fully saturated rings. The van der Waals surface area contributed by atoms with Crippen molar-refractivity contribution in [1.29, 1.82) is 0 Å². The van der Waals surface area contributed by atoms with E-state index in [0.29, 0.717) is 37.1 Å². The Labute approximate surface area is 154 Å². The van der Waals surface area contributed by atoms with Crippen LogP contribution >= 0.6 is 0 Å². The third-order valence-corrected chi connectivity index (χ3v) is 4.51. The predicted octanol–water partition coefficient (Wildman–Crippen LogP) is 3.71. The number of likely N-dealkylation sites (tertiary alicyclic amines) is 1. The molecule has 2 heterocycles. The SMILES string of the molecule is Cc1cccc(OCCc2noc(C3CCCN3C(=O)CC(C)C)n2)c1. The minimum absolute atomic E-state index is 0.0832. The molecule has 26 heavy (non-hydrogen) atoms. The van der Waals surface area contributed by atoms with Crippen molar-refractivity contribution in [2.75, 3.05) is 13.2 Å². The summed E-state index contributed by atoms with van der Waals surface area (Å²) in [4.78, 5) is 18.8. The Morgan fingerprint density at radius 2 is 2.27 bits per heavy atom. The van der Waals surface area contributed by atoms with Crippen molar-refractivity contribution in [2.45, 2.75) is 52.5 Å². The second kappa shape index (κ2) is 8.34. The number of benzene rings is 1. The Morgan fingerprint density at radius 3 is 3.04 bits per heavy atom. The molecule has 2 aromatic rings. The summed E-state index contributed by atoms with van der Waals surface area (Å²) in [5, 5.41) is 4.06. The minimum Gasteiger partial charge on any atom is -0.493 e. The van der Waals surface area contributed by atoms with E-state index in [-0.39, 0.29) is 11.9 Å². The number of aryl methyl sites for hydroxylation is 1. The second-order valence-electron chi connectivity index (χ2n) is 7.31. The molecule has 0 bridgehead atoms. The van der Waals surface area contributed by atoms with Crippen LogP contribution in [0.5, 0.6) is 5.75 Å². The van der Waals surface area contributed by atoms with E-state index in [9.17, 15) is 4.79 Å². The number of amides is 1. The zero-order chi connectivity index (χ0) is 18.5. The van der Waals surface area contributed by atoms with E-state index in [0.717, 1.165) is 30.7 Å². The number of hydrogen-bond donors (Lipinski definition) is 0. The largest absolute Gasteiger partial charge is 0.493 e. The first-order valence-electron chi connectivity index (χ1n) is 9.34. The van der Waals surface area contributed by atoms with Crippen molar-refractivity contribution in [3.63, 3.8) is 0 Å². The Hall–Kier alpha value is -2.37. The first-order valence-corrected chi connectivity index (χ1v) is 9.34. The van der Waals surface area contributed by atoms with E-state index in [1.165, 1.54) is 0 Å². The van der Waals surface area contributed by atoms with Gasteiger partial charge in [-0.15, -0.1) is 0 Å². The molecule has 0 aliphatic carbocycles. The summed E-state index contributed by atoms with van der Waals surface area (Å²) < 4.78 is 11.2. The normalized spacial score (nSPS) is 17.1. The molecule has 1 aliphatic heterocycles. The molecular weight excluding hydrogens is 330 g/mol. The number of nitrogens with zero attached hydrogens (tertiary/aromatic N) is 3. The predicted molar refractivity (Wildman–Crippen MR) is 97.8 cm³/mol. The third-order valence-electron chi connectivity index (χ3n) is 4.51. The van der Waals surface area contributed by atoms with Gasteiger partial charge >= 0.3 is 0 Å². The standard InChI is InChI=1S/C20H27N3O3/c1-14(2)12-19(24)23-10-5-8-17(23)20-21-18(22-26-20)9-11-25-16-7-4-6-15(3)13-16/h4,6-7,13-14,17H,5,8-12H2,1-3H3. The van der Waals surface area contributed by atoms with Crippen LogP contribution in [0.1, 0.15) is 56.4 Å². The number of aromatic nitrogens is 2. The van der Waals surface area contributed by atoms with Gasteiger partial charge in [0, 0.05) is 19.4 Å². The molecule has 0 spiro atoms. The fourth-order valence-electron chi connectivity index (χ4n) is 3.26. The third kappa shape index (κ3) is 4.62. The summed E-state index contributed by atoms with van der Waals surface area (Å²) in [5.74, 6) is 2.53. The molecule has 1 aromatic heterocycles. The Kier molecular flexibility index (Phi) is 5.91. The number of ether oxygens (including phenoxy) is 1. The van der Waals surface area contributed by atoms with Crippen LogP contribution in [0.2, 0.25) is 0 Å². The van der Waals surface area contributed by atoms with E-state index >= 15 is 0 Å². The molecule has 0 radical (unpaired) electrons. The quantitative estimate of drug-likeness (QED) is 0.755. The lowest BCUT2D eigenvalue weighted by Gasteiger charge is -2.22. The summed E-state index contributed by atoms with van der Waals surface area (Å²) in [6.07, 6.45) is 2.99. The maximum atomic E-state index is 12.4. The van der Waals surface area contributed by atoms with Crippen molar-refractivity contribution in [3.05, 3.63) is 41.5 Å². The summed E-state index contributed by atoms with van der Waals surface area (Å²) in [5.41, 5.74) is 1.16. The van der Waals surface area contributed by atoms with E-state index in [1.807, 2.05) is 36.1 Å². The van der Waals surface area contributed by atoms with Gasteiger partial charge in [-0.2, -0.15) is 4.98 Å². The van der Waals surface area contributed by atoms with Gasteiger partial charge < -0.3 is 14.2 Å². The van der Waals surface area contributed by atoms with Crippen LogP contribution < -0.4 is 4.74 Å². The minimum atomic E-state index is -0.0832. The molecule has 3 rings (SSSR count). The van der Waals surface area contributed by atoms with Crippen molar-refractivity contribution in [1.82, 2.24) is 15.0 Å². The van der Waals surface area contributed by atoms with Crippen LogP contribution in [0.15, 0.2) is 28.8 Å². The molecule has 1 saturated heterocycles. The fraction of sp³-hybridized carbons (Fsp3) is 0.550. The fourth-order valence-corrected chi connectivity index (χ4v) is 3.26. The van der Waals surface area contributed by atoms with Crippen molar-refractivity contribution in [3.8, 4) is 5.75 Å². The molecule has 0 N–H and O–H groups in total. The van der Waals surface area contributed by atoms with E-state index in [2.05, 4.69) is 24.0 Å². The topological polar surface area (TPSA) is 68.5 Å². The molecule has 1 unspecified atom stereocenters. The number of hydrogen-bond acceptors (Lipinski definition) is 5. The Morgan fingerprint density at radius 1 is 1.42 bits per heavy atom. The smallest absolute Gasteiger partial charge is 0.249 e. The van der Waals surface area contributed by atoms with Crippen LogP contribution in [0.25, 0.3) is 0 Å². The second-order valence-corrected chi connectivity index (χ2v) is 7.31. The first-order chi connectivity index (χ1) is 12.5. The van der Waals surface area contributed by atoms with Crippen LogP contribution in [0.4, 0.5) is 0 Å². The highest BCUT2D eigenvalue weighted by molar-refractivity contribution is 5.77. The average molecular weight is 357 g/mol. The van der Waals surface area contributed by atoms with Gasteiger partial charge in [0.2, 0.25) is 11.8 Å². The highest BCUT2D eigenvalue weighted by Crippen LogP contribution is 2.31. The van der Waals surface area contributed by atoms with E-state index in [4.69, 9.17) is 9.26 Å². The number of rotatable bonds is 7. The number of carbonyl (C=O) groups is 1. The lowest BCUT2D eigenvalue weighted by molar-refractivity contribution is -0.133. The summed E-state index contributed by atoms with van der Waals surface area (Å²) in [7, 11) is 0. The van der Waals surface area contributed by atoms with Gasteiger partial charge in [-0.25, -0.2) is 0 Å². The first kappa shape index (κ1) is 18.4. The summed E-state index contributed by atoms with van der Waals surface area (Å²) in [6.45, 7) is 7.41. The maximum absolute atomic E-state index is 12.4. The van der Waals surface area contributed by atoms with Crippen molar-refractivity contribution >= 4 is 5.91 Å². The van der Waals surface area contributed by atoms with Gasteiger partial charge in [-0.05, 0) is 43.4 Å². The van der Waals surface area contributed by atoms with Crippen LogP contribution in [-0.4, -0.2) is 34.1 Å². The monoisotopic (exact) mass is 357 g/mol. The molecule has 1 atom stereocenters. The van der Waals surface area contributed by atoms with Gasteiger partial charge in [-0.3, -0.25) is 4.79 Å². The van der Waals surface area contributed by atoms with Crippen LogP contribution in [0, 0.1) is 12.8 Å². The molecule has 140 valence electrons. The average Bonchev–Trinajstić information content (AvgIpc) is 3.23. The van der Waals surface area contributed by atoms with Crippen molar-refractivity contribution in [2.24, 2.45) is 5.92 Å². The van der Waals surface area contributed by atoms with Crippen LogP contribution in [0.3, 0.4) is 0 Å². The van der Waals surface area contributed by atoms with Gasteiger partial charge in [0.25, 0.3) is 0 Å². The Balaban J connectivity index is 1.56. The lowest BCUT2D eigenvalue weighted by atomic mass is 10.1. The Bertz CT molecular complexity index is 741. The summed E-state index contributed by atoms with van der Waals surface area (Å²) >= 11 is 0. The van der Waals surface area contributed by atoms with Gasteiger partial charge in [-0.1, -0.05) is 31.1 Å². The molecule has 0 saturated carbocycles. The lowest BCUT2D eigenvalue weighted by Crippen LogP contribution is -2.31. The molecule has 6 nitrogen and oxygen atoms in total. The zero-order valence-electron chi connectivity index (χ0n) is 15.8. The van der Waals surface area contributed by atoms with E-state index in [1.54, 1.807) is 0 Å². The van der Waals surface area contributed by atoms with Crippen molar-refractivity contribution < 1.29 is 14.1 Å². The van der Waals surface area contributed by atoms with Gasteiger partial charge in [0.1, 0.15) is 11.8 Å². The molecular formula is C20H27N3O3. The molecule has 6 heteroatoms.